The van der Waals surface area contributed by atoms with Crippen molar-refractivity contribution in [1.29, 1.82) is 0 Å². The molecule has 25 heavy (non-hydrogen) atoms. The van der Waals surface area contributed by atoms with Gasteiger partial charge in [0.1, 0.15) is 11.4 Å². The minimum absolute atomic E-state index is 0.0512. The van der Waals surface area contributed by atoms with Gasteiger partial charge in [-0.05, 0) is 50.1 Å². The van der Waals surface area contributed by atoms with Crippen LogP contribution in [-0.2, 0) is 11.2 Å². The number of nitrogens with zero attached hydrogens (tertiary/aromatic N) is 1. The molecule has 0 aromatic heterocycles. The topological polar surface area (TPSA) is 67.6 Å². The van der Waals surface area contributed by atoms with Crippen molar-refractivity contribution in [2.75, 3.05) is 29.0 Å². The summed E-state index contributed by atoms with van der Waals surface area (Å²) in [6.45, 7) is 7.02. The van der Waals surface area contributed by atoms with Crippen molar-refractivity contribution in [2.24, 2.45) is 0 Å². The molecule has 1 aliphatic rings. The second-order valence-corrected chi connectivity index (χ2v) is 7.04. The monoisotopic (exact) mass is 339 g/mol. The Morgan fingerprint density at radius 3 is 2.64 bits per heavy atom. The molecule has 0 bridgehead atoms. The smallest absolute Gasteiger partial charge is 0.243 e. The number of nitrogen functional groups attached to an aromatic ring is 1. The number of carbonyl (C=O) groups excluding carboxylic acids is 1. The number of hydrogen-bond donors (Lipinski definition) is 2. The van der Waals surface area contributed by atoms with Gasteiger partial charge in [0.2, 0.25) is 5.91 Å². The van der Waals surface area contributed by atoms with E-state index in [2.05, 4.69) is 12.2 Å². The van der Waals surface area contributed by atoms with Crippen LogP contribution in [0, 0.1) is 0 Å². The number of nitrogens with two attached hydrogens (primary N) is 1. The Labute approximate surface area is 148 Å². The zero-order valence-electron chi connectivity index (χ0n) is 15.0. The Morgan fingerprint density at radius 2 is 1.96 bits per heavy atom. The fourth-order valence-electron chi connectivity index (χ4n) is 3.09. The molecule has 5 heteroatoms. The van der Waals surface area contributed by atoms with E-state index < -0.39 is 0 Å². The molecule has 1 heterocycles. The summed E-state index contributed by atoms with van der Waals surface area (Å²) >= 11 is 0. The van der Waals surface area contributed by atoms with E-state index in [1.54, 1.807) is 0 Å². The highest BCUT2D eigenvalue weighted by molar-refractivity contribution is 5.94. The van der Waals surface area contributed by atoms with Gasteiger partial charge in [0.25, 0.3) is 0 Å². The molecule has 0 unspecified atom stereocenters. The van der Waals surface area contributed by atoms with Gasteiger partial charge in [0.05, 0.1) is 18.8 Å². The minimum atomic E-state index is -0.385. The second kappa shape index (κ2) is 6.67. The third-order valence-electron chi connectivity index (χ3n) is 4.26. The first-order valence-corrected chi connectivity index (χ1v) is 8.58. The van der Waals surface area contributed by atoms with Gasteiger partial charge in [-0.15, -0.1) is 0 Å². The average Bonchev–Trinajstić information content (AvgIpc) is 2.54. The van der Waals surface area contributed by atoms with Crippen LogP contribution < -0.4 is 20.7 Å². The molecule has 0 saturated carbocycles. The third kappa shape index (κ3) is 4.05. The summed E-state index contributed by atoms with van der Waals surface area (Å²) in [5.41, 5.74) is 9.09. The van der Waals surface area contributed by atoms with Crippen LogP contribution in [0.3, 0.4) is 0 Å². The Bertz CT molecular complexity index is 769. The van der Waals surface area contributed by atoms with Gasteiger partial charge < -0.3 is 20.7 Å². The molecule has 5 nitrogen and oxygen atoms in total. The number of amides is 1. The van der Waals surface area contributed by atoms with E-state index >= 15 is 0 Å². The van der Waals surface area contributed by atoms with E-state index in [0.717, 1.165) is 23.5 Å². The van der Waals surface area contributed by atoms with Crippen molar-refractivity contribution in [3.05, 3.63) is 48.0 Å². The van der Waals surface area contributed by atoms with Crippen molar-refractivity contribution in [3.63, 3.8) is 0 Å². The van der Waals surface area contributed by atoms with Gasteiger partial charge in [-0.3, -0.25) is 4.79 Å². The zero-order chi connectivity index (χ0) is 18.0. The SMILES string of the molecule is CCc1ccc(NC(=O)CN2CC(C)(C)Oc3cc(N)ccc32)cc1. The number of benzene rings is 2. The van der Waals surface area contributed by atoms with Gasteiger partial charge in [0, 0.05) is 17.4 Å². The van der Waals surface area contributed by atoms with Crippen molar-refractivity contribution in [1.82, 2.24) is 0 Å². The maximum absolute atomic E-state index is 12.5. The van der Waals surface area contributed by atoms with Crippen LogP contribution in [0.5, 0.6) is 5.75 Å². The summed E-state index contributed by atoms with van der Waals surface area (Å²) < 4.78 is 6.00. The molecule has 132 valence electrons. The number of aryl methyl sites for hydroxylation is 1. The molecule has 1 amide bonds. The maximum Gasteiger partial charge on any atom is 0.243 e. The molecular weight excluding hydrogens is 314 g/mol. The van der Waals surface area contributed by atoms with E-state index in [1.165, 1.54) is 5.56 Å². The van der Waals surface area contributed by atoms with Crippen LogP contribution in [0.1, 0.15) is 26.3 Å². The third-order valence-corrected chi connectivity index (χ3v) is 4.26. The molecule has 3 N–H and O–H groups in total. The van der Waals surface area contributed by atoms with Gasteiger partial charge in [-0.1, -0.05) is 19.1 Å². The molecule has 0 spiro atoms. The first kappa shape index (κ1) is 17.1. The second-order valence-electron chi connectivity index (χ2n) is 7.04. The van der Waals surface area contributed by atoms with Crippen LogP contribution in [-0.4, -0.2) is 24.6 Å². The van der Waals surface area contributed by atoms with Gasteiger partial charge in [-0.25, -0.2) is 0 Å². The molecule has 0 saturated heterocycles. The Kier molecular flexibility index (Phi) is 4.57. The highest BCUT2D eigenvalue weighted by Crippen LogP contribution is 2.38. The first-order valence-electron chi connectivity index (χ1n) is 8.58. The summed E-state index contributed by atoms with van der Waals surface area (Å²) in [5.74, 6) is 0.668. The number of nitrogens with one attached hydrogen (secondary N) is 1. The number of hydrogen-bond acceptors (Lipinski definition) is 4. The van der Waals surface area contributed by atoms with Crippen LogP contribution >= 0.6 is 0 Å². The molecule has 0 atom stereocenters. The lowest BCUT2D eigenvalue weighted by atomic mass is 10.0. The van der Waals surface area contributed by atoms with Crippen molar-refractivity contribution in [3.8, 4) is 5.75 Å². The molecule has 3 rings (SSSR count). The van der Waals surface area contributed by atoms with Crippen LogP contribution in [0.15, 0.2) is 42.5 Å². The van der Waals surface area contributed by atoms with Gasteiger partial charge in [-0.2, -0.15) is 0 Å². The molecule has 2 aromatic rings. The molecular formula is C20H25N3O2. The fourth-order valence-corrected chi connectivity index (χ4v) is 3.09. The lowest BCUT2D eigenvalue weighted by Crippen LogP contribution is -2.49. The number of rotatable bonds is 4. The van der Waals surface area contributed by atoms with Crippen molar-refractivity contribution < 1.29 is 9.53 Å². The first-order chi connectivity index (χ1) is 11.9. The Balaban J connectivity index is 1.74. The number of anilines is 3. The fraction of sp³-hybridized carbons (Fsp3) is 0.350. The summed E-state index contributed by atoms with van der Waals surface area (Å²) in [7, 11) is 0. The number of ether oxygens (including phenoxy) is 1. The quantitative estimate of drug-likeness (QED) is 0.837. The highest BCUT2D eigenvalue weighted by atomic mass is 16.5. The van der Waals surface area contributed by atoms with E-state index in [0.29, 0.717) is 12.2 Å². The van der Waals surface area contributed by atoms with Crippen molar-refractivity contribution >= 4 is 23.0 Å². The normalized spacial score (nSPS) is 15.2. The van der Waals surface area contributed by atoms with Gasteiger partial charge in [0.15, 0.2) is 0 Å². The Morgan fingerprint density at radius 1 is 1.24 bits per heavy atom. The minimum Gasteiger partial charge on any atom is -0.484 e. The Hall–Kier alpha value is -2.69. The van der Waals surface area contributed by atoms with Crippen molar-refractivity contribution in [2.45, 2.75) is 32.8 Å². The zero-order valence-corrected chi connectivity index (χ0v) is 15.0. The average molecular weight is 339 g/mol. The molecule has 0 radical (unpaired) electrons. The molecule has 1 aliphatic heterocycles. The molecule has 2 aromatic carbocycles. The standard InChI is InChI=1S/C20H25N3O2/c1-4-14-5-8-16(9-6-14)22-19(24)12-23-13-20(2,3)25-18-11-15(21)7-10-17(18)23/h5-11H,4,12-13,21H2,1-3H3,(H,22,24). The van der Waals surface area contributed by atoms with Crippen LogP contribution in [0.4, 0.5) is 17.1 Å². The van der Waals surface area contributed by atoms with Gasteiger partial charge >= 0.3 is 0 Å². The molecule has 0 fully saturated rings. The summed E-state index contributed by atoms with van der Waals surface area (Å²) in [6.07, 6.45) is 0.983. The molecule has 0 aliphatic carbocycles. The van der Waals surface area contributed by atoms with E-state index in [1.807, 2.05) is 61.2 Å². The largest absolute Gasteiger partial charge is 0.484 e. The number of fused-ring (bicyclic) bond motifs is 1. The highest BCUT2D eigenvalue weighted by Gasteiger charge is 2.32. The van der Waals surface area contributed by atoms with E-state index in [-0.39, 0.29) is 18.1 Å². The van der Waals surface area contributed by atoms with E-state index in [4.69, 9.17) is 10.5 Å². The summed E-state index contributed by atoms with van der Waals surface area (Å²) in [4.78, 5) is 14.5. The van der Waals surface area contributed by atoms with Crippen LogP contribution in [0.2, 0.25) is 0 Å². The van der Waals surface area contributed by atoms with E-state index in [9.17, 15) is 4.79 Å². The number of carbonyl (C=O) groups is 1. The van der Waals surface area contributed by atoms with Crippen LogP contribution in [0.25, 0.3) is 0 Å². The predicted molar refractivity (Wildman–Crippen MR) is 102 cm³/mol. The summed E-state index contributed by atoms with van der Waals surface area (Å²) in [5, 5.41) is 2.96. The predicted octanol–water partition coefficient (Wildman–Crippen LogP) is 3.45. The summed E-state index contributed by atoms with van der Waals surface area (Å²) in [6, 6.07) is 13.5. The lowest BCUT2D eigenvalue weighted by molar-refractivity contribution is -0.115. The maximum atomic E-state index is 12.5. The lowest BCUT2D eigenvalue weighted by Gasteiger charge is -2.40.